The fourth-order valence-electron chi connectivity index (χ4n) is 3.61. The number of benzene rings is 2. The molecule has 0 saturated carbocycles. The molecule has 1 fully saturated rings. The van der Waals surface area contributed by atoms with E-state index in [0.717, 1.165) is 0 Å². The lowest BCUT2D eigenvalue weighted by Crippen LogP contribution is -2.53. The highest BCUT2D eigenvalue weighted by Crippen LogP contribution is 2.32. The van der Waals surface area contributed by atoms with Crippen LogP contribution in [-0.4, -0.2) is 47.8 Å². The van der Waals surface area contributed by atoms with E-state index in [1.54, 1.807) is 42.5 Å². The van der Waals surface area contributed by atoms with Crippen LogP contribution in [0.5, 0.6) is 0 Å². The first-order valence-electron chi connectivity index (χ1n) is 10.0. The molecule has 176 valence electrons. The molecule has 0 aliphatic carbocycles. The van der Waals surface area contributed by atoms with E-state index in [2.05, 4.69) is 10.6 Å². The topological polar surface area (TPSA) is 130 Å². The molecule has 0 radical (unpaired) electrons. The van der Waals surface area contributed by atoms with Gasteiger partial charge in [0.2, 0.25) is 5.91 Å². The van der Waals surface area contributed by atoms with Crippen LogP contribution >= 0.6 is 23.2 Å². The van der Waals surface area contributed by atoms with Crippen molar-refractivity contribution in [2.75, 3.05) is 11.1 Å². The number of carboxylic acid groups (broad SMARTS) is 1. The van der Waals surface area contributed by atoms with Crippen molar-refractivity contribution in [3.63, 3.8) is 0 Å². The summed E-state index contributed by atoms with van der Waals surface area (Å²) < 4.78 is 22.9. The number of carboxylic acids is 1. The van der Waals surface area contributed by atoms with Crippen LogP contribution in [0.1, 0.15) is 35.7 Å². The maximum absolute atomic E-state index is 12.6. The first-order valence-corrected chi connectivity index (χ1v) is 12.5. The van der Waals surface area contributed by atoms with Crippen molar-refractivity contribution in [1.82, 2.24) is 5.32 Å². The minimum Gasteiger partial charge on any atom is -0.480 e. The van der Waals surface area contributed by atoms with E-state index in [1.807, 2.05) is 0 Å². The molecule has 1 aliphatic heterocycles. The molecule has 3 N–H and O–H groups in total. The summed E-state index contributed by atoms with van der Waals surface area (Å²) in [5.74, 6) is -2.69. The van der Waals surface area contributed by atoms with Crippen LogP contribution in [0, 0.1) is 0 Å². The van der Waals surface area contributed by atoms with Crippen molar-refractivity contribution in [2.45, 2.75) is 37.0 Å². The molecule has 2 atom stereocenters. The van der Waals surface area contributed by atoms with Gasteiger partial charge in [-0.1, -0.05) is 41.4 Å². The van der Waals surface area contributed by atoms with Gasteiger partial charge in [-0.2, -0.15) is 0 Å². The minimum atomic E-state index is -3.64. The first kappa shape index (κ1) is 25.0. The van der Waals surface area contributed by atoms with Crippen LogP contribution in [0.25, 0.3) is 0 Å². The Bertz CT molecular complexity index is 1180. The van der Waals surface area contributed by atoms with Gasteiger partial charge in [-0.05, 0) is 49.6 Å². The van der Waals surface area contributed by atoms with Gasteiger partial charge < -0.3 is 15.7 Å². The van der Waals surface area contributed by atoms with Crippen molar-refractivity contribution < 1.29 is 27.9 Å². The summed E-state index contributed by atoms with van der Waals surface area (Å²) >= 11 is 12.1. The van der Waals surface area contributed by atoms with E-state index in [0.29, 0.717) is 17.7 Å². The summed E-state index contributed by atoms with van der Waals surface area (Å²) in [6, 6.07) is 9.73. The molecule has 2 aromatic carbocycles. The van der Waals surface area contributed by atoms with Gasteiger partial charge in [0.25, 0.3) is 5.91 Å². The second-order valence-electron chi connectivity index (χ2n) is 7.97. The van der Waals surface area contributed by atoms with E-state index in [4.69, 9.17) is 23.2 Å². The molecule has 8 nitrogen and oxygen atoms in total. The fourth-order valence-corrected chi connectivity index (χ4v) is 5.95. The number of aliphatic carboxylic acids is 1. The van der Waals surface area contributed by atoms with Gasteiger partial charge in [0, 0.05) is 12.1 Å². The summed E-state index contributed by atoms with van der Waals surface area (Å²) in [4.78, 5) is 36.8. The van der Waals surface area contributed by atoms with Crippen molar-refractivity contribution in [1.29, 1.82) is 0 Å². The SMILES string of the molecule is CC1(C(=O)NC(Cc2ccc(NC(=O)c3c(Cl)cccc3Cl)cc2)C(=O)O)CCCS1(=O)=O. The number of amides is 2. The lowest BCUT2D eigenvalue weighted by Gasteiger charge is -2.24. The third-order valence-corrected chi connectivity index (χ3v) is 8.90. The molecule has 2 unspecified atom stereocenters. The molecule has 0 spiro atoms. The Morgan fingerprint density at radius 2 is 1.70 bits per heavy atom. The Balaban J connectivity index is 1.69. The lowest BCUT2D eigenvalue weighted by molar-refractivity contribution is -0.142. The number of halogens is 2. The van der Waals surface area contributed by atoms with E-state index < -0.39 is 38.4 Å². The molecule has 2 amide bonds. The van der Waals surface area contributed by atoms with Gasteiger partial charge in [0.1, 0.15) is 10.8 Å². The smallest absolute Gasteiger partial charge is 0.326 e. The number of hydrogen-bond acceptors (Lipinski definition) is 5. The predicted octanol–water partition coefficient (Wildman–Crippen LogP) is 3.32. The molecule has 1 saturated heterocycles. The number of nitrogens with one attached hydrogen (secondary N) is 2. The Morgan fingerprint density at radius 3 is 2.21 bits per heavy atom. The van der Waals surface area contributed by atoms with Crippen LogP contribution < -0.4 is 10.6 Å². The molecule has 1 aliphatic rings. The van der Waals surface area contributed by atoms with Crippen molar-refractivity contribution in [3.05, 3.63) is 63.6 Å². The van der Waals surface area contributed by atoms with Gasteiger partial charge in [0.05, 0.1) is 21.4 Å². The Labute approximate surface area is 201 Å². The molecule has 1 heterocycles. The summed E-state index contributed by atoms with van der Waals surface area (Å²) in [7, 11) is -3.64. The van der Waals surface area contributed by atoms with Gasteiger partial charge >= 0.3 is 5.97 Å². The molecular weight excluding hydrogens is 491 g/mol. The second-order valence-corrected chi connectivity index (χ2v) is 11.3. The third-order valence-electron chi connectivity index (χ3n) is 5.68. The zero-order valence-electron chi connectivity index (χ0n) is 17.6. The summed E-state index contributed by atoms with van der Waals surface area (Å²) in [5.41, 5.74) is 1.13. The lowest BCUT2D eigenvalue weighted by atomic mass is 10.0. The van der Waals surface area contributed by atoms with Crippen molar-refractivity contribution in [3.8, 4) is 0 Å². The van der Waals surface area contributed by atoms with Crippen LogP contribution in [0.4, 0.5) is 5.69 Å². The number of rotatable bonds is 7. The molecule has 33 heavy (non-hydrogen) atoms. The molecule has 2 aromatic rings. The first-order chi connectivity index (χ1) is 15.4. The van der Waals surface area contributed by atoms with Gasteiger partial charge in [-0.25, -0.2) is 13.2 Å². The summed E-state index contributed by atoms with van der Waals surface area (Å²) in [6.45, 7) is 1.33. The maximum Gasteiger partial charge on any atom is 0.326 e. The van der Waals surface area contributed by atoms with E-state index in [9.17, 15) is 27.9 Å². The molecule has 0 aromatic heterocycles. The van der Waals surface area contributed by atoms with Crippen LogP contribution in [0.15, 0.2) is 42.5 Å². The van der Waals surface area contributed by atoms with Crippen LogP contribution in [-0.2, 0) is 25.8 Å². The number of carbonyl (C=O) groups excluding carboxylic acids is 2. The highest BCUT2D eigenvalue weighted by molar-refractivity contribution is 7.93. The molecule has 0 bridgehead atoms. The van der Waals surface area contributed by atoms with Gasteiger partial charge in [-0.3, -0.25) is 9.59 Å². The normalized spacial score (nSPS) is 20.1. The monoisotopic (exact) mass is 512 g/mol. The number of sulfone groups is 1. The van der Waals surface area contributed by atoms with Gasteiger partial charge in [-0.15, -0.1) is 0 Å². The van der Waals surface area contributed by atoms with Crippen molar-refractivity contribution in [2.24, 2.45) is 0 Å². The highest BCUT2D eigenvalue weighted by atomic mass is 35.5. The number of carbonyl (C=O) groups is 3. The quantitative estimate of drug-likeness (QED) is 0.521. The molecule has 3 rings (SSSR count). The fraction of sp³-hybridized carbons (Fsp3) is 0.318. The minimum absolute atomic E-state index is 0.0677. The second kappa shape index (κ2) is 9.70. The van der Waals surface area contributed by atoms with Crippen LogP contribution in [0.2, 0.25) is 10.0 Å². The third kappa shape index (κ3) is 5.31. The van der Waals surface area contributed by atoms with E-state index >= 15 is 0 Å². The van der Waals surface area contributed by atoms with Crippen molar-refractivity contribution >= 4 is 56.5 Å². The zero-order valence-corrected chi connectivity index (χ0v) is 19.9. The maximum atomic E-state index is 12.6. The van der Waals surface area contributed by atoms with E-state index in [-0.39, 0.29) is 34.2 Å². The Hall–Kier alpha value is -2.62. The van der Waals surface area contributed by atoms with E-state index in [1.165, 1.54) is 6.92 Å². The Kier molecular flexibility index (Phi) is 7.36. The average Bonchev–Trinajstić information content (AvgIpc) is 3.02. The average molecular weight is 513 g/mol. The summed E-state index contributed by atoms with van der Waals surface area (Å²) in [6.07, 6.45) is 0.440. The number of anilines is 1. The highest BCUT2D eigenvalue weighted by Gasteiger charge is 2.50. The van der Waals surface area contributed by atoms with Gasteiger partial charge in [0.15, 0.2) is 9.84 Å². The standard InChI is InChI=1S/C22H22Cl2N2O6S/c1-22(10-3-11-33(22,31)32)21(30)26-17(20(28)29)12-13-6-8-14(9-7-13)25-19(27)18-15(23)4-2-5-16(18)24/h2,4-9,17H,3,10-12H2,1H3,(H,25,27)(H,26,30)(H,28,29). The zero-order chi connectivity index (χ0) is 24.4. The summed E-state index contributed by atoms with van der Waals surface area (Å²) in [5, 5.41) is 15.0. The number of hydrogen-bond donors (Lipinski definition) is 3. The molecular formula is C22H22Cl2N2O6S. The van der Waals surface area contributed by atoms with Crippen LogP contribution in [0.3, 0.4) is 0 Å². The molecule has 11 heteroatoms. The largest absolute Gasteiger partial charge is 0.480 e. The Morgan fingerprint density at radius 1 is 1.09 bits per heavy atom. The predicted molar refractivity (Wildman–Crippen MR) is 126 cm³/mol.